The second-order valence-electron chi connectivity index (χ2n) is 7.78. The summed E-state index contributed by atoms with van der Waals surface area (Å²) >= 11 is 0. The van der Waals surface area contributed by atoms with E-state index < -0.39 is 12.1 Å². The maximum absolute atomic E-state index is 10.5. The fourth-order valence-electron chi connectivity index (χ4n) is 2.98. The fraction of sp³-hybridized carbons (Fsp3) is 0.682. The second kappa shape index (κ2) is 12.9. The summed E-state index contributed by atoms with van der Waals surface area (Å²) in [6.07, 6.45) is 16.0. The van der Waals surface area contributed by atoms with E-state index in [4.69, 9.17) is 9.84 Å². The van der Waals surface area contributed by atoms with Crippen LogP contribution in [0.25, 0.3) is 0 Å². The number of ether oxygens (including phenoxy) is 1. The first-order chi connectivity index (χ1) is 12.4. The summed E-state index contributed by atoms with van der Waals surface area (Å²) in [4.78, 5) is 10.5. The van der Waals surface area contributed by atoms with Gasteiger partial charge in [-0.05, 0) is 43.4 Å². The normalized spacial score (nSPS) is 22.7. The average Bonchev–Trinajstić information content (AvgIpc) is 3.02. The highest BCUT2D eigenvalue weighted by molar-refractivity contribution is 5.66. The minimum absolute atomic E-state index is 0.0861. The molecule has 2 N–H and O–H groups in total. The van der Waals surface area contributed by atoms with Crippen LogP contribution in [0.4, 0.5) is 0 Å². The van der Waals surface area contributed by atoms with Crippen molar-refractivity contribution in [3.8, 4) is 0 Å². The van der Waals surface area contributed by atoms with Crippen LogP contribution in [0.15, 0.2) is 36.5 Å². The Morgan fingerprint density at radius 1 is 1.27 bits per heavy atom. The van der Waals surface area contributed by atoms with Gasteiger partial charge in [-0.3, -0.25) is 4.79 Å². The molecule has 0 radical (unpaired) electrons. The number of carboxylic acids is 1. The van der Waals surface area contributed by atoms with Crippen LogP contribution in [0.1, 0.15) is 52.9 Å². The van der Waals surface area contributed by atoms with Gasteiger partial charge in [-0.15, -0.1) is 0 Å². The number of carboxylic acid groups (broad SMARTS) is 1. The van der Waals surface area contributed by atoms with Gasteiger partial charge in [0.25, 0.3) is 0 Å². The molecule has 4 atom stereocenters. The molecule has 0 aliphatic heterocycles. The Morgan fingerprint density at radius 3 is 2.73 bits per heavy atom. The molecule has 0 amide bonds. The number of carbonyl (C=O) groups is 1. The lowest BCUT2D eigenvalue weighted by Gasteiger charge is -2.18. The van der Waals surface area contributed by atoms with E-state index >= 15 is 0 Å². The monoisotopic (exact) mass is 364 g/mol. The number of hydrogen-bond donors (Lipinski definition) is 2. The number of hydrogen-bond acceptors (Lipinski definition) is 3. The standard InChI is InChI=1S/C22H36O4/c1-17(2)15-26-16-18(3)21(23)14-13-20-11-8-10-19(20)9-6-4-5-7-12-22(24)25/h4,6,8,11,13-14,17-21,23H,5,7,9-10,12,15-16H2,1-3H3,(H,24,25)/b6-4-,14-13?/t18?,19-,20+,21?/m0/s1. The van der Waals surface area contributed by atoms with Gasteiger partial charge in [-0.2, -0.15) is 0 Å². The largest absolute Gasteiger partial charge is 0.481 e. The third kappa shape index (κ3) is 9.93. The number of unbranched alkanes of at least 4 members (excludes halogenated alkanes) is 1. The van der Waals surface area contributed by atoms with Crippen LogP contribution in [0.2, 0.25) is 0 Å². The van der Waals surface area contributed by atoms with Crippen molar-refractivity contribution < 1.29 is 19.7 Å². The van der Waals surface area contributed by atoms with Gasteiger partial charge in [0.1, 0.15) is 0 Å². The van der Waals surface area contributed by atoms with Crippen molar-refractivity contribution in [1.29, 1.82) is 0 Å². The van der Waals surface area contributed by atoms with E-state index in [0.717, 1.165) is 25.9 Å². The van der Waals surface area contributed by atoms with Crippen molar-refractivity contribution in [1.82, 2.24) is 0 Å². The Kier molecular flexibility index (Phi) is 11.2. The molecule has 2 unspecified atom stereocenters. The van der Waals surface area contributed by atoms with Crippen molar-refractivity contribution in [2.45, 2.75) is 59.0 Å². The van der Waals surface area contributed by atoms with Gasteiger partial charge >= 0.3 is 5.97 Å². The molecular formula is C22H36O4. The molecule has 26 heavy (non-hydrogen) atoms. The molecule has 1 aliphatic carbocycles. The Labute approximate surface area is 158 Å². The van der Waals surface area contributed by atoms with E-state index in [2.05, 4.69) is 44.2 Å². The summed E-state index contributed by atoms with van der Waals surface area (Å²) in [6.45, 7) is 7.55. The van der Waals surface area contributed by atoms with E-state index in [1.165, 1.54) is 0 Å². The summed E-state index contributed by atoms with van der Waals surface area (Å²) in [7, 11) is 0. The van der Waals surface area contributed by atoms with Gasteiger partial charge in [-0.1, -0.05) is 57.2 Å². The average molecular weight is 365 g/mol. The van der Waals surface area contributed by atoms with Crippen molar-refractivity contribution in [2.75, 3.05) is 13.2 Å². The molecular weight excluding hydrogens is 328 g/mol. The minimum Gasteiger partial charge on any atom is -0.481 e. The van der Waals surface area contributed by atoms with Crippen LogP contribution < -0.4 is 0 Å². The predicted molar refractivity (Wildman–Crippen MR) is 106 cm³/mol. The molecule has 4 heteroatoms. The summed E-state index contributed by atoms with van der Waals surface area (Å²) in [5, 5.41) is 18.9. The molecule has 0 bridgehead atoms. The molecule has 0 fully saturated rings. The highest BCUT2D eigenvalue weighted by Gasteiger charge is 2.20. The third-order valence-corrected chi connectivity index (χ3v) is 4.65. The lowest BCUT2D eigenvalue weighted by molar-refractivity contribution is -0.137. The summed E-state index contributed by atoms with van der Waals surface area (Å²) in [6, 6.07) is 0. The highest BCUT2D eigenvalue weighted by atomic mass is 16.5. The first kappa shape index (κ1) is 22.7. The molecule has 1 rings (SSSR count). The number of allylic oxidation sites excluding steroid dienone is 5. The van der Waals surface area contributed by atoms with E-state index in [-0.39, 0.29) is 12.3 Å². The molecule has 0 heterocycles. The van der Waals surface area contributed by atoms with Crippen LogP contribution in [-0.2, 0) is 9.53 Å². The topological polar surface area (TPSA) is 66.8 Å². The SMILES string of the molecule is CC(C)COCC(C)C(O)C=C[C@H]1C=CC[C@@H]1C/C=C\CCCC(=O)O. The van der Waals surface area contributed by atoms with Crippen LogP contribution in [0.5, 0.6) is 0 Å². The van der Waals surface area contributed by atoms with Gasteiger partial charge < -0.3 is 14.9 Å². The Bertz CT molecular complexity index is 479. The smallest absolute Gasteiger partial charge is 0.303 e. The maximum Gasteiger partial charge on any atom is 0.303 e. The number of aliphatic carboxylic acids is 1. The first-order valence-electron chi connectivity index (χ1n) is 9.87. The molecule has 0 aromatic carbocycles. The zero-order valence-corrected chi connectivity index (χ0v) is 16.5. The highest BCUT2D eigenvalue weighted by Crippen LogP contribution is 2.30. The zero-order valence-electron chi connectivity index (χ0n) is 16.5. The number of aliphatic hydroxyl groups excluding tert-OH is 1. The molecule has 0 spiro atoms. The van der Waals surface area contributed by atoms with E-state index in [9.17, 15) is 9.90 Å². The first-order valence-corrected chi connectivity index (χ1v) is 9.87. The van der Waals surface area contributed by atoms with Gasteiger partial charge in [0.2, 0.25) is 0 Å². The van der Waals surface area contributed by atoms with Gasteiger partial charge in [0, 0.05) is 18.9 Å². The van der Waals surface area contributed by atoms with Crippen molar-refractivity contribution in [3.63, 3.8) is 0 Å². The maximum atomic E-state index is 10.5. The van der Waals surface area contributed by atoms with Gasteiger partial charge in [0.05, 0.1) is 12.7 Å². The molecule has 148 valence electrons. The van der Waals surface area contributed by atoms with Gasteiger partial charge in [0.15, 0.2) is 0 Å². The van der Waals surface area contributed by atoms with Gasteiger partial charge in [-0.25, -0.2) is 0 Å². The molecule has 0 aromatic rings. The van der Waals surface area contributed by atoms with E-state index in [0.29, 0.717) is 30.8 Å². The Hall–Kier alpha value is -1.39. The molecule has 4 nitrogen and oxygen atoms in total. The fourth-order valence-corrected chi connectivity index (χ4v) is 2.98. The lowest BCUT2D eigenvalue weighted by Crippen LogP contribution is -2.21. The second-order valence-corrected chi connectivity index (χ2v) is 7.78. The molecule has 0 aromatic heterocycles. The molecule has 0 saturated carbocycles. The van der Waals surface area contributed by atoms with Crippen molar-refractivity contribution in [2.24, 2.45) is 23.7 Å². The quantitative estimate of drug-likeness (QED) is 0.370. The molecule has 0 saturated heterocycles. The minimum atomic E-state index is -0.731. The van der Waals surface area contributed by atoms with Crippen molar-refractivity contribution in [3.05, 3.63) is 36.5 Å². The Morgan fingerprint density at radius 2 is 2.04 bits per heavy atom. The summed E-state index contributed by atoms with van der Waals surface area (Å²) < 4.78 is 5.62. The third-order valence-electron chi connectivity index (χ3n) is 4.65. The van der Waals surface area contributed by atoms with E-state index in [1.807, 2.05) is 13.0 Å². The number of rotatable bonds is 13. The van der Waals surface area contributed by atoms with Crippen LogP contribution in [0, 0.1) is 23.7 Å². The lowest BCUT2D eigenvalue weighted by atomic mass is 9.90. The number of aliphatic hydroxyl groups is 1. The van der Waals surface area contributed by atoms with E-state index in [1.54, 1.807) is 0 Å². The molecule has 1 aliphatic rings. The van der Waals surface area contributed by atoms with Crippen LogP contribution >= 0.6 is 0 Å². The van der Waals surface area contributed by atoms with Crippen LogP contribution in [-0.4, -0.2) is 35.5 Å². The Balaban J connectivity index is 2.32. The van der Waals surface area contributed by atoms with Crippen LogP contribution in [0.3, 0.4) is 0 Å². The summed E-state index contributed by atoms with van der Waals surface area (Å²) in [5.74, 6) is 0.754. The zero-order chi connectivity index (χ0) is 19.4. The summed E-state index contributed by atoms with van der Waals surface area (Å²) in [5.41, 5.74) is 0. The predicted octanol–water partition coefficient (Wildman–Crippen LogP) is 4.61. The van der Waals surface area contributed by atoms with Crippen molar-refractivity contribution >= 4 is 5.97 Å².